The molecule has 0 saturated carbocycles. The standard InChI is InChI=1S/C11H14F2N2O3/c1-7(16)6-15(11(17)18)14-5-8-2-9(12)4-10(13)3-8/h2-4,7,14,16H,5-6H2,1H3,(H,17,18). The van der Waals surface area contributed by atoms with Crippen LogP contribution in [0.4, 0.5) is 13.6 Å². The Morgan fingerprint density at radius 3 is 2.39 bits per heavy atom. The van der Waals surface area contributed by atoms with Gasteiger partial charge in [0, 0.05) is 12.6 Å². The molecule has 0 bridgehead atoms. The lowest BCUT2D eigenvalue weighted by atomic mass is 10.2. The Kier molecular flexibility index (Phi) is 4.99. The van der Waals surface area contributed by atoms with Crippen LogP contribution in [-0.2, 0) is 6.54 Å². The Labute approximate surface area is 103 Å². The molecule has 1 amide bonds. The van der Waals surface area contributed by atoms with Crippen molar-refractivity contribution in [3.8, 4) is 0 Å². The van der Waals surface area contributed by atoms with Crippen LogP contribution in [0.25, 0.3) is 0 Å². The van der Waals surface area contributed by atoms with Crippen LogP contribution in [0.15, 0.2) is 18.2 Å². The van der Waals surface area contributed by atoms with Gasteiger partial charge in [0.25, 0.3) is 0 Å². The largest absolute Gasteiger partial charge is 0.464 e. The van der Waals surface area contributed by atoms with E-state index in [1.165, 1.54) is 6.92 Å². The van der Waals surface area contributed by atoms with Gasteiger partial charge in [-0.2, -0.15) is 0 Å². The number of rotatable bonds is 5. The van der Waals surface area contributed by atoms with Crippen molar-refractivity contribution in [2.75, 3.05) is 6.54 Å². The first-order valence-corrected chi connectivity index (χ1v) is 5.25. The SMILES string of the molecule is CC(O)CN(NCc1cc(F)cc(F)c1)C(=O)O. The average Bonchev–Trinajstić information content (AvgIpc) is 2.21. The van der Waals surface area contributed by atoms with Crippen molar-refractivity contribution in [3.05, 3.63) is 35.4 Å². The van der Waals surface area contributed by atoms with E-state index < -0.39 is 23.8 Å². The molecule has 0 aliphatic carbocycles. The Balaban J connectivity index is 2.63. The first kappa shape index (κ1) is 14.3. The quantitative estimate of drug-likeness (QED) is 0.698. The summed E-state index contributed by atoms with van der Waals surface area (Å²) in [4.78, 5) is 10.8. The van der Waals surface area contributed by atoms with Gasteiger partial charge in [-0.3, -0.25) is 0 Å². The van der Waals surface area contributed by atoms with Crippen LogP contribution in [0.2, 0.25) is 0 Å². The Hall–Kier alpha value is -1.73. The molecule has 0 aliphatic heterocycles. The molecule has 0 aromatic heterocycles. The maximum absolute atomic E-state index is 12.9. The van der Waals surface area contributed by atoms with Crippen molar-refractivity contribution in [1.82, 2.24) is 10.4 Å². The van der Waals surface area contributed by atoms with E-state index in [2.05, 4.69) is 5.43 Å². The van der Waals surface area contributed by atoms with Gasteiger partial charge in [-0.05, 0) is 24.6 Å². The molecule has 1 aromatic carbocycles. The molecule has 1 rings (SSSR count). The van der Waals surface area contributed by atoms with Crippen LogP contribution in [0.1, 0.15) is 12.5 Å². The zero-order chi connectivity index (χ0) is 13.7. The first-order chi connectivity index (χ1) is 8.38. The van der Waals surface area contributed by atoms with Crippen LogP contribution < -0.4 is 5.43 Å². The molecule has 0 fully saturated rings. The van der Waals surface area contributed by atoms with Crippen molar-refractivity contribution in [2.45, 2.75) is 19.6 Å². The number of benzene rings is 1. The van der Waals surface area contributed by atoms with Crippen LogP contribution in [0.5, 0.6) is 0 Å². The molecular formula is C11H14F2N2O3. The summed E-state index contributed by atoms with van der Waals surface area (Å²) < 4.78 is 25.8. The summed E-state index contributed by atoms with van der Waals surface area (Å²) in [5.74, 6) is -1.46. The number of hydrogen-bond donors (Lipinski definition) is 3. The fourth-order valence-electron chi connectivity index (χ4n) is 1.37. The molecule has 3 N–H and O–H groups in total. The van der Waals surface area contributed by atoms with Gasteiger partial charge >= 0.3 is 6.09 Å². The second-order valence-corrected chi connectivity index (χ2v) is 3.85. The molecule has 0 radical (unpaired) electrons. The number of carbonyl (C=O) groups is 1. The van der Waals surface area contributed by atoms with Crippen molar-refractivity contribution in [2.24, 2.45) is 0 Å². The van der Waals surface area contributed by atoms with E-state index in [0.717, 1.165) is 23.2 Å². The average molecular weight is 260 g/mol. The number of aliphatic hydroxyl groups is 1. The van der Waals surface area contributed by atoms with Gasteiger partial charge in [0.2, 0.25) is 0 Å². The van der Waals surface area contributed by atoms with Gasteiger partial charge < -0.3 is 10.2 Å². The minimum absolute atomic E-state index is 0.0618. The maximum atomic E-state index is 12.9. The summed E-state index contributed by atoms with van der Waals surface area (Å²) in [6, 6.07) is 2.92. The topological polar surface area (TPSA) is 72.8 Å². The van der Waals surface area contributed by atoms with Crippen LogP contribution in [0.3, 0.4) is 0 Å². The summed E-state index contributed by atoms with van der Waals surface area (Å²) in [5.41, 5.74) is 2.73. The van der Waals surface area contributed by atoms with Crippen LogP contribution in [0, 0.1) is 11.6 Å². The first-order valence-electron chi connectivity index (χ1n) is 5.25. The number of hydrazine groups is 1. The van der Waals surface area contributed by atoms with Gasteiger partial charge in [-0.15, -0.1) is 0 Å². The van der Waals surface area contributed by atoms with Gasteiger partial charge in [0.05, 0.1) is 12.6 Å². The monoisotopic (exact) mass is 260 g/mol. The highest BCUT2D eigenvalue weighted by Crippen LogP contribution is 2.07. The minimum Gasteiger partial charge on any atom is -0.464 e. The Morgan fingerprint density at radius 2 is 1.94 bits per heavy atom. The molecule has 18 heavy (non-hydrogen) atoms. The molecule has 0 heterocycles. The van der Waals surface area contributed by atoms with E-state index >= 15 is 0 Å². The fraction of sp³-hybridized carbons (Fsp3) is 0.364. The van der Waals surface area contributed by atoms with Crippen molar-refractivity contribution >= 4 is 6.09 Å². The van der Waals surface area contributed by atoms with Gasteiger partial charge in [0.15, 0.2) is 0 Å². The van der Waals surface area contributed by atoms with Crippen molar-refractivity contribution < 1.29 is 23.8 Å². The van der Waals surface area contributed by atoms with E-state index in [9.17, 15) is 13.6 Å². The van der Waals surface area contributed by atoms with Gasteiger partial charge in [-0.25, -0.2) is 24.0 Å². The zero-order valence-corrected chi connectivity index (χ0v) is 9.73. The number of amides is 1. The Bertz CT molecular complexity index is 406. The molecule has 0 spiro atoms. The van der Waals surface area contributed by atoms with Crippen molar-refractivity contribution in [3.63, 3.8) is 0 Å². The number of hydrogen-bond acceptors (Lipinski definition) is 3. The molecule has 1 unspecified atom stereocenters. The number of nitrogens with zero attached hydrogens (tertiary/aromatic N) is 1. The molecule has 1 atom stereocenters. The second-order valence-electron chi connectivity index (χ2n) is 3.85. The summed E-state index contributed by atoms with van der Waals surface area (Å²) >= 11 is 0. The van der Waals surface area contributed by atoms with E-state index in [1.54, 1.807) is 0 Å². The molecule has 0 saturated heterocycles. The highest BCUT2D eigenvalue weighted by atomic mass is 19.1. The highest BCUT2D eigenvalue weighted by Gasteiger charge is 2.13. The third kappa shape index (κ3) is 4.64. The minimum atomic E-state index is -1.28. The zero-order valence-electron chi connectivity index (χ0n) is 9.73. The summed E-state index contributed by atoms with van der Waals surface area (Å²) in [5, 5.41) is 18.7. The molecule has 5 nitrogen and oxygen atoms in total. The molecule has 7 heteroatoms. The summed E-state index contributed by atoms with van der Waals surface area (Å²) in [7, 11) is 0. The van der Waals surface area contributed by atoms with Gasteiger partial charge in [0.1, 0.15) is 11.6 Å². The lowest BCUT2D eigenvalue weighted by molar-refractivity contribution is 0.0780. The van der Waals surface area contributed by atoms with Crippen LogP contribution >= 0.6 is 0 Å². The van der Waals surface area contributed by atoms with E-state index in [1.807, 2.05) is 0 Å². The number of halogens is 2. The van der Waals surface area contributed by atoms with E-state index in [-0.39, 0.29) is 18.7 Å². The lowest BCUT2D eigenvalue weighted by Gasteiger charge is -2.21. The second kappa shape index (κ2) is 6.27. The molecule has 0 aliphatic rings. The molecule has 100 valence electrons. The van der Waals surface area contributed by atoms with E-state index in [0.29, 0.717) is 0 Å². The number of aliphatic hydroxyl groups excluding tert-OH is 1. The fourth-order valence-corrected chi connectivity index (χ4v) is 1.37. The number of carboxylic acid groups (broad SMARTS) is 1. The highest BCUT2D eigenvalue weighted by molar-refractivity contribution is 5.64. The predicted octanol–water partition coefficient (Wildman–Crippen LogP) is 1.33. The van der Waals surface area contributed by atoms with Crippen molar-refractivity contribution in [1.29, 1.82) is 0 Å². The third-order valence-corrected chi connectivity index (χ3v) is 2.07. The predicted molar refractivity (Wildman–Crippen MR) is 59.6 cm³/mol. The lowest BCUT2D eigenvalue weighted by Crippen LogP contribution is -2.45. The van der Waals surface area contributed by atoms with Crippen LogP contribution in [-0.4, -0.2) is 34.0 Å². The van der Waals surface area contributed by atoms with E-state index in [4.69, 9.17) is 10.2 Å². The molecular weight excluding hydrogens is 246 g/mol. The molecule has 1 aromatic rings. The number of nitrogens with one attached hydrogen (secondary N) is 1. The smallest absolute Gasteiger partial charge is 0.421 e. The maximum Gasteiger partial charge on any atom is 0.421 e. The normalized spacial score (nSPS) is 12.2. The summed E-state index contributed by atoms with van der Waals surface area (Å²) in [6.45, 7) is 1.22. The summed E-state index contributed by atoms with van der Waals surface area (Å²) in [6.07, 6.45) is -2.13. The Morgan fingerprint density at radius 1 is 1.39 bits per heavy atom. The van der Waals surface area contributed by atoms with Gasteiger partial charge in [-0.1, -0.05) is 0 Å². The third-order valence-electron chi connectivity index (χ3n) is 2.07.